The Kier molecular flexibility index (Phi) is 10.8. The van der Waals surface area contributed by atoms with Crippen LogP contribution in [0.4, 0.5) is 5.69 Å². The molecule has 0 aliphatic carbocycles. The SMILES string of the molecule is COc1ccccc1N1CCC(N(C)CC2COc3cccc(OS(=O)(=O)c4ccc(C)cc4)c3O2)CC1.Cl.Cl. The van der Waals surface area contributed by atoms with E-state index in [1.807, 2.05) is 25.1 Å². The molecular formula is C29H36Cl2N2O6S. The minimum atomic E-state index is -4.01. The van der Waals surface area contributed by atoms with E-state index in [1.165, 1.54) is 12.1 Å². The van der Waals surface area contributed by atoms with Crippen molar-refractivity contribution in [1.29, 1.82) is 0 Å². The van der Waals surface area contributed by atoms with Gasteiger partial charge in [0, 0.05) is 25.7 Å². The molecule has 1 unspecified atom stereocenters. The summed E-state index contributed by atoms with van der Waals surface area (Å²) in [6.07, 6.45) is 1.77. The number of ether oxygens (including phenoxy) is 3. The number of hydrogen-bond donors (Lipinski definition) is 0. The van der Waals surface area contributed by atoms with Gasteiger partial charge in [-0.05, 0) is 63.2 Å². The molecule has 0 saturated carbocycles. The number of para-hydroxylation sites is 3. The molecule has 2 heterocycles. The maximum absolute atomic E-state index is 12.9. The zero-order valence-corrected chi connectivity index (χ0v) is 25.3. The lowest BCUT2D eigenvalue weighted by Crippen LogP contribution is -2.48. The summed E-state index contributed by atoms with van der Waals surface area (Å²) >= 11 is 0. The molecule has 0 spiro atoms. The van der Waals surface area contributed by atoms with Gasteiger partial charge in [0.05, 0.1) is 12.8 Å². The average Bonchev–Trinajstić information content (AvgIpc) is 2.93. The summed E-state index contributed by atoms with van der Waals surface area (Å²) in [4.78, 5) is 4.77. The number of fused-ring (bicyclic) bond motifs is 1. The summed E-state index contributed by atoms with van der Waals surface area (Å²) in [5, 5.41) is 0. The Balaban J connectivity index is 0.00000220. The largest absolute Gasteiger partial charge is 0.495 e. The van der Waals surface area contributed by atoms with Crippen molar-refractivity contribution in [1.82, 2.24) is 4.90 Å². The van der Waals surface area contributed by atoms with Gasteiger partial charge >= 0.3 is 10.1 Å². The van der Waals surface area contributed by atoms with E-state index in [9.17, 15) is 8.42 Å². The van der Waals surface area contributed by atoms with Crippen molar-refractivity contribution in [3.05, 3.63) is 72.3 Å². The molecule has 1 atom stereocenters. The van der Waals surface area contributed by atoms with Crippen LogP contribution in [0.1, 0.15) is 18.4 Å². The molecule has 11 heteroatoms. The third kappa shape index (κ3) is 7.07. The summed E-state index contributed by atoms with van der Waals surface area (Å²) in [7, 11) is -0.204. The Labute approximate surface area is 249 Å². The molecule has 0 bridgehead atoms. The first-order chi connectivity index (χ1) is 18.3. The maximum atomic E-state index is 12.9. The normalized spacial score (nSPS) is 17.0. The summed E-state index contributed by atoms with van der Waals surface area (Å²) in [6.45, 7) is 4.81. The van der Waals surface area contributed by atoms with Crippen LogP contribution in [-0.2, 0) is 10.1 Å². The van der Waals surface area contributed by atoms with Crippen LogP contribution in [-0.4, -0.2) is 65.9 Å². The lowest BCUT2D eigenvalue weighted by molar-refractivity contribution is 0.0492. The van der Waals surface area contributed by atoms with Gasteiger partial charge in [0.1, 0.15) is 23.4 Å². The molecule has 2 aliphatic heterocycles. The van der Waals surface area contributed by atoms with Crippen LogP contribution in [0.5, 0.6) is 23.0 Å². The third-order valence-corrected chi connectivity index (χ3v) is 8.41. The number of rotatable bonds is 8. The highest BCUT2D eigenvalue weighted by Crippen LogP contribution is 2.41. The monoisotopic (exact) mass is 610 g/mol. The van der Waals surface area contributed by atoms with Gasteiger partial charge in [-0.25, -0.2) is 0 Å². The Morgan fingerprint density at radius 3 is 2.33 bits per heavy atom. The Morgan fingerprint density at radius 2 is 1.62 bits per heavy atom. The molecule has 8 nitrogen and oxygen atoms in total. The summed E-state index contributed by atoms with van der Waals surface area (Å²) in [6, 6.07) is 20.1. The van der Waals surface area contributed by atoms with Gasteiger partial charge in [-0.15, -0.1) is 24.8 Å². The molecule has 2 aliphatic rings. The third-order valence-electron chi connectivity index (χ3n) is 7.17. The average molecular weight is 612 g/mol. The van der Waals surface area contributed by atoms with Crippen molar-refractivity contribution in [2.45, 2.75) is 36.8 Å². The molecule has 218 valence electrons. The first-order valence-electron chi connectivity index (χ1n) is 12.9. The predicted octanol–water partition coefficient (Wildman–Crippen LogP) is 5.36. The number of hydrogen-bond acceptors (Lipinski definition) is 8. The highest BCUT2D eigenvalue weighted by atomic mass is 35.5. The highest BCUT2D eigenvalue weighted by Gasteiger charge is 2.31. The van der Waals surface area contributed by atoms with Crippen LogP contribution in [0, 0.1) is 6.92 Å². The number of benzene rings is 3. The number of nitrogens with zero attached hydrogens (tertiary/aromatic N) is 2. The number of likely N-dealkylation sites (N-methyl/N-ethyl adjacent to an activating group) is 1. The Bertz CT molecular complexity index is 1370. The highest BCUT2D eigenvalue weighted by molar-refractivity contribution is 7.87. The lowest BCUT2D eigenvalue weighted by Gasteiger charge is -2.39. The van der Waals surface area contributed by atoms with E-state index in [0.29, 0.717) is 30.7 Å². The van der Waals surface area contributed by atoms with Crippen molar-refractivity contribution >= 4 is 40.6 Å². The zero-order valence-electron chi connectivity index (χ0n) is 22.8. The van der Waals surface area contributed by atoms with E-state index in [0.717, 1.165) is 42.9 Å². The zero-order chi connectivity index (χ0) is 26.7. The Hall–Kier alpha value is -2.85. The minimum Gasteiger partial charge on any atom is -0.495 e. The lowest BCUT2D eigenvalue weighted by atomic mass is 10.0. The standard InChI is InChI=1S/C29H34N2O6S.2ClH/c1-21-11-13-24(14-12-21)38(32,33)37-28-10-6-9-27-29(28)36-23(20-35-27)19-30(2)22-15-17-31(18-16-22)25-7-4-5-8-26(25)34-3;;/h4-14,22-23H,15-20H2,1-3H3;2*1H. The van der Waals surface area contributed by atoms with E-state index >= 15 is 0 Å². The molecule has 0 aromatic heterocycles. The van der Waals surface area contributed by atoms with E-state index in [4.69, 9.17) is 18.4 Å². The molecule has 5 rings (SSSR count). The van der Waals surface area contributed by atoms with Gasteiger partial charge in [0.2, 0.25) is 5.75 Å². The second kappa shape index (κ2) is 13.7. The van der Waals surface area contributed by atoms with Crippen LogP contribution < -0.4 is 23.3 Å². The topological polar surface area (TPSA) is 77.5 Å². The predicted molar refractivity (Wildman–Crippen MR) is 161 cm³/mol. The fourth-order valence-electron chi connectivity index (χ4n) is 5.04. The molecule has 1 saturated heterocycles. The number of halogens is 2. The summed E-state index contributed by atoms with van der Waals surface area (Å²) in [5.74, 6) is 1.82. The van der Waals surface area contributed by atoms with Gasteiger partial charge in [-0.1, -0.05) is 35.9 Å². The summed E-state index contributed by atoms with van der Waals surface area (Å²) in [5.41, 5.74) is 2.10. The van der Waals surface area contributed by atoms with Gasteiger partial charge in [0.25, 0.3) is 0 Å². The van der Waals surface area contributed by atoms with Crippen LogP contribution in [0.25, 0.3) is 0 Å². The Morgan fingerprint density at radius 1 is 0.950 bits per heavy atom. The van der Waals surface area contributed by atoms with E-state index in [1.54, 1.807) is 37.4 Å². The summed E-state index contributed by atoms with van der Waals surface area (Å²) < 4.78 is 49.1. The number of anilines is 1. The van der Waals surface area contributed by atoms with Crippen molar-refractivity contribution in [2.75, 3.05) is 45.3 Å². The van der Waals surface area contributed by atoms with Gasteiger partial charge in [0.15, 0.2) is 11.5 Å². The minimum absolute atomic E-state index is 0. The number of methoxy groups -OCH3 is 1. The quantitative estimate of drug-likeness (QED) is 0.316. The first kappa shape index (κ1) is 31.7. The fraction of sp³-hybridized carbons (Fsp3) is 0.379. The van der Waals surface area contributed by atoms with Crippen molar-refractivity contribution in [2.24, 2.45) is 0 Å². The molecule has 3 aromatic carbocycles. The maximum Gasteiger partial charge on any atom is 0.339 e. The number of aryl methyl sites for hydroxylation is 1. The molecule has 0 amide bonds. The van der Waals surface area contributed by atoms with Crippen molar-refractivity contribution in [3.8, 4) is 23.0 Å². The van der Waals surface area contributed by atoms with Gasteiger partial charge in [-0.2, -0.15) is 8.42 Å². The smallest absolute Gasteiger partial charge is 0.339 e. The van der Waals surface area contributed by atoms with E-state index in [2.05, 4.69) is 22.9 Å². The van der Waals surface area contributed by atoms with Gasteiger partial charge in [-0.3, -0.25) is 4.90 Å². The molecule has 3 aromatic rings. The molecule has 40 heavy (non-hydrogen) atoms. The van der Waals surface area contributed by atoms with Gasteiger partial charge < -0.3 is 23.3 Å². The van der Waals surface area contributed by atoms with Crippen LogP contribution in [0.2, 0.25) is 0 Å². The second-order valence-electron chi connectivity index (χ2n) is 9.81. The first-order valence-corrected chi connectivity index (χ1v) is 14.3. The molecule has 0 radical (unpaired) electrons. The molecule has 0 N–H and O–H groups in total. The van der Waals surface area contributed by atoms with E-state index < -0.39 is 10.1 Å². The van der Waals surface area contributed by atoms with Crippen LogP contribution >= 0.6 is 24.8 Å². The van der Waals surface area contributed by atoms with Crippen LogP contribution in [0.3, 0.4) is 0 Å². The van der Waals surface area contributed by atoms with Crippen molar-refractivity contribution in [3.63, 3.8) is 0 Å². The molecular weight excluding hydrogens is 575 g/mol. The number of piperidine rings is 1. The second-order valence-corrected chi connectivity index (χ2v) is 11.4. The van der Waals surface area contributed by atoms with E-state index in [-0.39, 0.29) is 41.6 Å². The molecule has 1 fully saturated rings. The fourth-order valence-corrected chi connectivity index (χ4v) is 5.98. The van der Waals surface area contributed by atoms with Crippen molar-refractivity contribution < 1.29 is 26.8 Å². The van der Waals surface area contributed by atoms with Crippen LogP contribution in [0.15, 0.2) is 71.6 Å².